The van der Waals surface area contributed by atoms with Gasteiger partial charge >= 0.3 is 0 Å². The van der Waals surface area contributed by atoms with E-state index in [9.17, 15) is 9.90 Å². The molecule has 2 aromatic rings. The van der Waals surface area contributed by atoms with Crippen molar-refractivity contribution in [2.45, 2.75) is 32.0 Å². The Bertz CT molecular complexity index is 734. The highest BCUT2D eigenvalue weighted by molar-refractivity contribution is 6.30. The molecule has 1 aliphatic rings. The van der Waals surface area contributed by atoms with Crippen LogP contribution in [0.5, 0.6) is 0 Å². The molecule has 1 amide bonds. The van der Waals surface area contributed by atoms with E-state index in [2.05, 4.69) is 10.1 Å². The lowest BCUT2D eigenvalue weighted by atomic mass is 10.1. The van der Waals surface area contributed by atoms with Gasteiger partial charge in [-0.1, -0.05) is 28.9 Å². The molecule has 1 N–H and O–H groups in total. The van der Waals surface area contributed by atoms with Crippen molar-refractivity contribution in [3.05, 3.63) is 52.4 Å². The number of halogens is 1. The minimum Gasteiger partial charge on any atom is -0.392 e. The Morgan fingerprint density at radius 3 is 3.08 bits per heavy atom. The number of carbonyl (C=O) groups excluding carboxylic acids is 1. The number of aromatic nitrogens is 1. The van der Waals surface area contributed by atoms with Gasteiger partial charge in [-0.25, -0.2) is 0 Å². The van der Waals surface area contributed by atoms with E-state index in [1.807, 2.05) is 18.2 Å². The summed E-state index contributed by atoms with van der Waals surface area (Å²) in [6, 6.07) is 9.09. The molecule has 1 aromatic heterocycles. The summed E-state index contributed by atoms with van der Waals surface area (Å²) in [6.07, 6.45) is 1.51. The molecule has 1 aromatic carbocycles. The molecule has 0 spiro atoms. The van der Waals surface area contributed by atoms with Crippen LogP contribution in [0.3, 0.4) is 0 Å². The monoisotopic (exact) mass is 363 g/mol. The maximum absolute atomic E-state index is 12.5. The van der Waals surface area contributed by atoms with Gasteiger partial charge < -0.3 is 14.5 Å². The first kappa shape index (κ1) is 17.9. The molecule has 6 nitrogen and oxygen atoms in total. The molecule has 0 aliphatic carbocycles. The molecule has 0 saturated carbocycles. The van der Waals surface area contributed by atoms with Crippen LogP contribution in [-0.2, 0) is 13.1 Å². The van der Waals surface area contributed by atoms with Crippen molar-refractivity contribution in [2.75, 3.05) is 20.1 Å². The fourth-order valence-corrected chi connectivity index (χ4v) is 3.27. The van der Waals surface area contributed by atoms with E-state index in [4.69, 9.17) is 16.1 Å². The number of β-amino-alcohol motifs (C(OH)–C–C–N with tert-alkyl or cyclic N) is 1. The van der Waals surface area contributed by atoms with Gasteiger partial charge in [-0.3, -0.25) is 9.69 Å². The van der Waals surface area contributed by atoms with E-state index < -0.39 is 0 Å². The molecule has 1 aliphatic heterocycles. The van der Waals surface area contributed by atoms with E-state index in [1.165, 1.54) is 0 Å². The molecule has 1 fully saturated rings. The molecule has 7 heteroatoms. The lowest BCUT2D eigenvalue weighted by Gasteiger charge is -2.28. The van der Waals surface area contributed by atoms with E-state index in [0.29, 0.717) is 30.4 Å². The predicted octanol–water partition coefficient (Wildman–Crippen LogP) is 2.56. The third-order valence-electron chi connectivity index (χ3n) is 4.29. The molecule has 0 unspecified atom stereocenters. The van der Waals surface area contributed by atoms with Crippen LogP contribution in [-0.4, -0.2) is 52.2 Å². The number of nitrogens with zero attached hydrogens (tertiary/aromatic N) is 3. The fraction of sp³-hybridized carbons (Fsp3) is 0.444. The Morgan fingerprint density at radius 1 is 1.48 bits per heavy atom. The Kier molecular flexibility index (Phi) is 5.73. The van der Waals surface area contributed by atoms with Crippen molar-refractivity contribution in [1.29, 1.82) is 0 Å². The van der Waals surface area contributed by atoms with Crippen LogP contribution in [0.2, 0.25) is 5.02 Å². The maximum Gasteiger partial charge on any atom is 0.276 e. The van der Waals surface area contributed by atoms with Gasteiger partial charge in [0.05, 0.1) is 12.6 Å². The molecule has 0 bridgehead atoms. The van der Waals surface area contributed by atoms with Crippen molar-refractivity contribution in [2.24, 2.45) is 0 Å². The highest BCUT2D eigenvalue weighted by Crippen LogP contribution is 2.16. The van der Waals surface area contributed by atoms with E-state index in [-0.39, 0.29) is 17.7 Å². The first-order valence-corrected chi connectivity index (χ1v) is 8.75. The first-order valence-electron chi connectivity index (χ1n) is 8.37. The van der Waals surface area contributed by atoms with Gasteiger partial charge in [0.25, 0.3) is 5.91 Å². The summed E-state index contributed by atoms with van der Waals surface area (Å²) in [5.74, 6) is 0.433. The SMILES string of the molecule is CN(Cc1cccc(Cl)c1)C(=O)c1cc(CN2CCC[C@H](O)C2)on1. The van der Waals surface area contributed by atoms with Gasteiger partial charge in [-0.05, 0) is 37.1 Å². The highest BCUT2D eigenvalue weighted by Gasteiger charge is 2.21. The topological polar surface area (TPSA) is 69.8 Å². The van der Waals surface area contributed by atoms with Crippen molar-refractivity contribution < 1.29 is 14.4 Å². The summed E-state index contributed by atoms with van der Waals surface area (Å²) in [5, 5.41) is 14.3. The second kappa shape index (κ2) is 7.99. The number of aliphatic hydroxyl groups excluding tert-OH is 1. The Hall–Kier alpha value is -1.89. The smallest absolute Gasteiger partial charge is 0.276 e. The molecule has 25 heavy (non-hydrogen) atoms. The van der Waals surface area contributed by atoms with E-state index in [1.54, 1.807) is 24.1 Å². The van der Waals surface area contributed by atoms with Gasteiger partial charge in [-0.2, -0.15) is 0 Å². The molecule has 3 rings (SSSR count). The lowest BCUT2D eigenvalue weighted by molar-refractivity contribution is 0.0622. The lowest BCUT2D eigenvalue weighted by Crippen LogP contribution is -2.37. The maximum atomic E-state index is 12.5. The van der Waals surface area contributed by atoms with Gasteiger partial charge in [0.2, 0.25) is 0 Å². The number of benzene rings is 1. The number of piperidine rings is 1. The van der Waals surface area contributed by atoms with Crippen molar-refractivity contribution >= 4 is 17.5 Å². The standard InChI is InChI=1S/C18H22ClN3O3/c1-21(10-13-4-2-5-14(19)8-13)18(24)17-9-16(25-20-17)12-22-7-3-6-15(23)11-22/h2,4-5,8-9,15,23H,3,6-7,10-12H2,1H3/t15-/m0/s1. The summed E-state index contributed by atoms with van der Waals surface area (Å²) in [5.41, 5.74) is 1.24. The van der Waals surface area contributed by atoms with Crippen LogP contribution in [0, 0.1) is 0 Å². The van der Waals surface area contributed by atoms with Crippen molar-refractivity contribution in [3.8, 4) is 0 Å². The second-order valence-electron chi connectivity index (χ2n) is 6.50. The summed E-state index contributed by atoms with van der Waals surface area (Å²) in [4.78, 5) is 16.2. The average molecular weight is 364 g/mol. The summed E-state index contributed by atoms with van der Waals surface area (Å²) in [7, 11) is 1.72. The number of hydrogen-bond donors (Lipinski definition) is 1. The Balaban J connectivity index is 1.59. The first-order chi connectivity index (χ1) is 12.0. The van der Waals surface area contributed by atoms with Crippen molar-refractivity contribution in [3.63, 3.8) is 0 Å². The minimum atomic E-state index is -0.290. The molecule has 134 valence electrons. The zero-order chi connectivity index (χ0) is 17.8. The van der Waals surface area contributed by atoms with Gasteiger partial charge in [0, 0.05) is 31.2 Å². The molecule has 0 radical (unpaired) electrons. The largest absolute Gasteiger partial charge is 0.392 e. The molecule has 1 saturated heterocycles. The number of aliphatic hydroxyl groups is 1. The Morgan fingerprint density at radius 2 is 2.32 bits per heavy atom. The van der Waals surface area contributed by atoms with E-state index >= 15 is 0 Å². The average Bonchev–Trinajstić information content (AvgIpc) is 3.02. The fourth-order valence-electron chi connectivity index (χ4n) is 3.06. The minimum absolute atomic E-state index is 0.200. The zero-order valence-corrected chi connectivity index (χ0v) is 14.9. The highest BCUT2D eigenvalue weighted by atomic mass is 35.5. The van der Waals surface area contributed by atoms with Crippen LogP contribution in [0.15, 0.2) is 34.9 Å². The van der Waals surface area contributed by atoms with Crippen LogP contribution in [0.4, 0.5) is 0 Å². The molecular formula is C18H22ClN3O3. The quantitative estimate of drug-likeness (QED) is 0.884. The predicted molar refractivity (Wildman–Crippen MR) is 94.3 cm³/mol. The van der Waals surface area contributed by atoms with Gasteiger partial charge in [0.1, 0.15) is 0 Å². The summed E-state index contributed by atoms with van der Waals surface area (Å²) in [6.45, 7) is 2.53. The number of carbonyl (C=O) groups is 1. The van der Waals surface area contributed by atoms with Crippen LogP contribution in [0.1, 0.15) is 34.7 Å². The summed E-state index contributed by atoms with van der Waals surface area (Å²) < 4.78 is 5.30. The normalized spacial score (nSPS) is 18.3. The summed E-state index contributed by atoms with van der Waals surface area (Å²) >= 11 is 5.98. The van der Waals surface area contributed by atoms with Crippen molar-refractivity contribution in [1.82, 2.24) is 15.0 Å². The van der Waals surface area contributed by atoms with Gasteiger partial charge in [0.15, 0.2) is 11.5 Å². The number of rotatable bonds is 5. The van der Waals surface area contributed by atoms with Crippen LogP contribution < -0.4 is 0 Å². The number of amides is 1. The number of hydrogen-bond acceptors (Lipinski definition) is 5. The second-order valence-corrected chi connectivity index (χ2v) is 6.94. The van der Waals surface area contributed by atoms with Gasteiger partial charge in [-0.15, -0.1) is 0 Å². The third kappa shape index (κ3) is 4.81. The molecule has 1 atom stereocenters. The number of likely N-dealkylation sites (tertiary alicyclic amines) is 1. The molecular weight excluding hydrogens is 342 g/mol. The van der Waals surface area contributed by atoms with Crippen LogP contribution in [0.25, 0.3) is 0 Å². The van der Waals surface area contributed by atoms with Crippen LogP contribution >= 0.6 is 11.6 Å². The van der Waals surface area contributed by atoms with E-state index in [0.717, 1.165) is 24.9 Å². The zero-order valence-electron chi connectivity index (χ0n) is 14.2. The third-order valence-corrected chi connectivity index (χ3v) is 4.53. The molecule has 2 heterocycles. The Labute approximate surface area is 152 Å².